The SMILES string of the molecule is CN1CCN(S(=O)(=O)CC2CCC(N=C(N)NC(=O)c3nc(Cl)c(N)nc3N)CC2)CC1. The lowest BCUT2D eigenvalue weighted by molar-refractivity contribution is 0.0972. The minimum atomic E-state index is -3.26. The molecule has 0 spiro atoms. The van der Waals surface area contributed by atoms with E-state index in [0.29, 0.717) is 25.9 Å². The zero-order valence-corrected chi connectivity index (χ0v) is 19.6. The molecule has 7 N–H and O–H groups in total. The van der Waals surface area contributed by atoms with Gasteiger partial charge in [0.05, 0.1) is 11.8 Å². The first-order valence-electron chi connectivity index (χ1n) is 10.4. The molecule has 0 radical (unpaired) electrons. The number of carbonyl (C=O) groups excluding carboxylic acids is 1. The second kappa shape index (κ2) is 10.1. The fourth-order valence-corrected chi connectivity index (χ4v) is 5.91. The Morgan fingerprint density at radius 2 is 1.75 bits per heavy atom. The minimum absolute atomic E-state index is 0.0716. The predicted molar refractivity (Wildman–Crippen MR) is 124 cm³/mol. The highest BCUT2D eigenvalue weighted by atomic mass is 35.5. The smallest absolute Gasteiger partial charge is 0.280 e. The van der Waals surface area contributed by atoms with E-state index in [1.807, 2.05) is 7.05 Å². The minimum Gasteiger partial charge on any atom is -0.382 e. The number of nitrogen functional groups attached to an aromatic ring is 2. The second-order valence-electron chi connectivity index (χ2n) is 8.26. The molecule has 1 saturated carbocycles. The summed E-state index contributed by atoms with van der Waals surface area (Å²) in [5.41, 5.74) is 16.8. The van der Waals surface area contributed by atoms with Crippen molar-refractivity contribution < 1.29 is 13.2 Å². The number of aliphatic imine (C=N–C) groups is 1. The number of nitrogens with two attached hydrogens (primary N) is 3. The van der Waals surface area contributed by atoms with Crippen LogP contribution in [0.4, 0.5) is 11.6 Å². The van der Waals surface area contributed by atoms with E-state index in [2.05, 4.69) is 25.2 Å². The van der Waals surface area contributed by atoms with Gasteiger partial charge in [-0.3, -0.25) is 10.1 Å². The van der Waals surface area contributed by atoms with Gasteiger partial charge in [-0.15, -0.1) is 0 Å². The number of halogens is 1. The summed E-state index contributed by atoms with van der Waals surface area (Å²) >= 11 is 5.79. The van der Waals surface area contributed by atoms with Gasteiger partial charge in [-0.25, -0.2) is 23.4 Å². The maximum atomic E-state index is 12.7. The molecule has 2 aliphatic rings. The number of sulfonamides is 1. The molecule has 1 amide bonds. The van der Waals surface area contributed by atoms with Crippen LogP contribution in [0.25, 0.3) is 0 Å². The van der Waals surface area contributed by atoms with Crippen LogP contribution in [0.2, 0.25) is 5.15 Å². The van der Waals surface area contributed by atoms with E-state index in [1.165, 1.54) is 0 Å². The summed E-state index contributed by atoms with van der Waals surface area (Å²) in [6.45, 7) is 2.60. The Morgan fingerprint density at radius 3 is 2.38 bits per heavy atom. The van der Waals surface area contributed by atoms with Crippen molar-refractivity contribution >= 4 is 45.1 Å². The summed E-state index contributed by atoms with van der Waals surface area (Å²) in [6.07, 6.45) is 2.84. The topological polar surface area (TPSA) is 186 Å². The summed E-state index contributed by atoms with van der Waals surface area (Å²) in [5.74, 6) is -0.750. The van der Waals surface area contributed by atoms with Crippen molar-refractivity contribution in [2.45, 2.75) is 31.7 Å². The Bertz CT molecular complexity index is 972. The van der Waals surface area contributed by atoms with Gasteiger partial charge in [-0.2, -0.15) is 4.31 Å². The Labute approximate surface area is 192 Å². The van der Waals surface area contributed by atoms with Gasteiger partial charge in [0.1, 0.15) is 0 Å². The number of guanidine groups is 1. The third kappa shape index (κ3) is 6.18. The number of likely N-dealkylation sites (N-methyl/N-ethyl adjacent to an activating group) is 1. The number of piperazine rings is 1. The van der Waals surface area contributed by atoms with Crippen LogP contribution in [0.5, 0.6) is 0 Å². The van der Waals surface area contributed by atoms with E-state index in [1.54, 1.807) is 4.31 Å². The van der Waals surface area contributed by atoms with Gasteiger partial charge < -0.3 is 22.1 Å². The molecular weight excluding hydrogens is 458 g/mol. The van der Waals surface area contributed by atoms with Gasteiger partial charge in [-0.05, 0) is 38.6 Å². The molecule has 0 atom stereocenters. The number of hydrogen-bond acceptors (Lipinski definition) is 9. The molecule has 1 aliphatic heterocycles. The van der Waals surface area contributed by atoms with Crippen LogP contribution in [0.15, 0.2) is 4.99 Å². The first kappa shape index (κ1) is 24.4. The highest BCUT2D eigenvalue weighted by Gasteiger charge is 2.31. The summed E-state index contributed by atoms with van der Waals surface area (Å²) in [7, 11) is -1.27. The largest absolute Gasteiger partial charge is 0.382 e. The van der Waals surface area contributed by atoms with Gasteiger partial charge in [0.2, 0.25) is 10.0 Å². The molecule has 0 aromatic carbocycles. The molecule has 32 heavy (non-hydrogen) atoms. The number of rotatable bonds is 5. The zero-order chi connectivity index (χ0) is 23.5. The number of nitrogens with one attached hydrogen (secondary N) is 1. The van der Waals surface area contributed by atoms with Crippen molar-refractivity contribution in [2.75, 3.05) is 50.4 Å². The standard InChI is InChI=1S/C18H30ClN9O3S/c1-27-6-8-28(9-7-27)32(30,31)10-11-2-4-12(5-3-11)23-18(22)26-17(29)13-15(20)25-16(21)14(19)24-13/h11-12H,2-10H2,1H3,(H4,20,21,25)(H3,22,23,26,29). The van der Waals surface area contributed by atoms with Crippen LogP contribution in [0.3, 0.4) is 0 Å². The lowest BCUT2D eigenvalue weighted by Crippen LogP contribution is -2.48. The molecule has 1 aromatic heterocycles. The van der Waals surface area contributed by atoms with Gasteiger partial charge in [0.15, 0.2) is 28.4 Å². The molecule has 12 nitrogen and oxygen atoms in total. The molecule has 178 valence electrons. The molecule has 3 rings (SSSR count). The van der Waals surface area contributed by atoms with Crippen molar-refractivity contribution in [3.05, 3.63) is 10.8 Å². The third-order valence-electron chi connectivity index (χ3n) is 5.80. The second-order valence-corrected chi connectivity index (χ2v) is 10.6. The Hall–Kier alpha value is -2.22. The molecule has 2 heterocycles. The van der Waals surface area contributed by atoms with Crippen LogP contribution < -0.4 is 22.5 Å². The van der Waals surface area contributed by atoms with Crippen molar-refractivity contribution in [3.63, 3.8) is 0 Å². The van der Waals surface area contributed by atoms with E-state index < -0.39 is 15.9 Å². The summed E-state index contributed by atoms with van der Waals surface area (Å²) < 4.78 is 27.0. The zero-order valence-electron chi connectivity index (χ0n) is 18.0. The quantitative estimate of drug-likeness (QED) is 0.313. The maximum absolute atomic E-state index is 12.7. The first-order valence-corrected chi connectivity index (χ1v) is 12.4. The molecule has 1 saturated heterocycles. The third-order valence-corrected chi connectivity index (χ3v) is 8.12. The fourth-order valence-electron chi connectivity index (χ4n) is 3.92. The number of anilines is 2. The molecule has 1 aromatic rings. The van der Waals surface area contributed by atoms with Crippen molar-refractivity contribution in [1.29, 1.82) is 0 Å². The maximum Gasteiger partial charge on any atom is 0.280 e. The molecule has 0 unspecified atom stereocenters. The van der Waals surface area contributed by atoms with Crippen LogP contribution >= 0.6 is 11.6 Å². The number of amides is 1. The highest BCUT2D eigenvalue weighted by molar-refractivity contribution is 7.89. The Kier molecular flexibility index (Phi) is 7.75. The van der Waals surface area contributed by atoms with E-state index in [4.69, 9.17) is 28.8 Å². The van der Waals surface area contributed by atoms with Crippen molar-refractivity contribution in [2.24, 2.45) is 16.6 Å². The summed E-state index contributed by atoms with van der Waals surface area (Å²) in [6, 6.07) is -0.101. The Balaban J connectivity index is 1.50. The van der Waals surface area contributed by atoms with Gasteiger partial charge >= 0.3 is 0 Å². The first-order chi connectivity index (χ1) is 15.0. The average molecular weight is 488 g/mol. The molecule has 14 heteroatoms. The molecular formula is C18H30ClN9O3S. The van der Waals surface area contributed by atoms with E-state index >= 15 is 0 Å². The Morgan fingerprint density at radius 1 is 1.12 bits per heavy atom. The molecule has 1 aliphatic carbocycles. The fraction of sp³-hybridized carbons (Fsp3) is 0.667. The molecule has 2 fully saturated rings. The van der Waals surface area contributed by atoms with Crippen molar-refractivity contribution in [1.82, 2.24) is 24.5 Å². The van der Waals surface area contributed by atoms with Crippen LogP contribution in [0.1, 0.15) is 36.2 Å². The average Bonchev–Trinajstić information content (AvgIpc) is 2.72. The van der Waals surface area contributed by atoms with E-state index in [9.17, 15) is 13.2 Å². The van der Waals surface area contributed by atoms with Gasteiger partial charge in [0.25, 0.3) is 5.91 Å². The van der Waals surface area contributed by atoms with E-state index in [-0.39, 0.29) is 46.2 Å². The van der Waals surface area contributed by atoms with E-state index in [0.717, 1.165) is 25.9 Å². The van der Waals surface area contributed by atoms with Crippen LogP contribution in [0, 0.1) is 5.92 Å². The normalized spacial score (nSPS) is 23.8. The van der Waals surface area contributed by atoms with Gasteiger partial charge in [-0.1, -0.05) is 11.6 Å². The summed E-state index contributed by atoms with van der Waals surface area (Å²) in [4.78, 5) is 26.4. The lowest BCUT2D eigenvalue weighted by atomic mass is 9.87. The van der Waals surface area contributed by atoms with Gasteiger partial charge in [0, 0.05) is 26.2 Å². The number of hydrogen-bond donors (Lipinski definition) is 4. The highest BCUT2D eigenvalue weighted by Crippen LogP contribution is 2.28. The van der Waals surface area contributed by atoms with Crippen LogP contribution in [-0.4, -0.2) is 84.5 Å². The number of carbonyl (C=O) groups is 1. The van der Waals surface area contributed by atoms with Crippen molar-refractivity contribution in [3.8, 4) is 0 Å². The monoisotopic (exact) mass is 487 g/mol. The predicted octanol–water partition coefficient (Wildman–Crippen LogP) is -0.525. The number of aromatic nitrogens is 2. The number of nitrogens with zero attached hydrogens (tertiary/aromatic N) is 5. The molecule has 0 bridgehead atoms. The van der Waals surface area contributed by atoms with Crippen LogP contribution in [-0.2, 0) is 10.0 Å². The summed E-state index contributed by atoms with van der Waals surface area (Å²) in [5, 5.41) is 2.29. The lowest BCUT2D eigenvalue weighted by Gasteiger charge is -2.33.